The molecule has 1 spiro atoms. The third kappa shape index (κ3) is 5.12. The molecular weight excluding hydrogens is 697 g/mol. The van der Waals surface area contributed by atoms with Crippen molar-refractivity contribution in [2.45, 2.75) is 15.2 Å². The monoisotopic (exact) mass is 730 g/mol. The second-order valence-corrected chi connectivity index (χ2v) is 15.6. The molecule has 2 nitrogen and oxygen atoms in total. The zero-order valence-corrected chi connectivity index (χ0v) is 31.2. The van der Waals surface area contributed by atoms with Crippen LogP contribution in [0, 0.1) is 0 Å². The fraction of sp³-hybridized carbons (Fsp3) is 0.0189. The zero-order chi connectivity index (χ0) is 37.1. The summed E-state index contributed by atoms with van der Waals surface area (Å²) in [5.41, 5.74) is 17.1. The Bertz CT molecular complexity index is 2910. The fourth-order valence-corrected chi connectivity index (χ4v) is 10.2. The summed E-state index contributed by atoms with van der Waals surface area (Å²) in [6, 6.07) is 74.4. The molecule has 1 aromatic heterocycles. The van der Waals surface area contributed by atoms with Crippen molar-refractivity contribution in [1.82, 2.24) is 9.97 Å². The lowest BCUT2D eigenvalue weighted by Crippen LogP contribution is -2.31. The van der Waals surface area contributed by atoms with Crippen LogP contribution in [0.5, 0.6) is 0 Å². The van der Waals surface area contributed by atoms with Gasteiger partial charge >= 0.3 is 0 Å². The van der Waals surface area contributed by atoms with Gasteiger partial charge in [-0.2, -0.15) is 0 Å². The first-order valence-corrected chi connectivity index (χ1v) is 19.9. The van der Waals surface area contributed by atoms with Crippen molar-refractivity contribution in [3.05, 3.63) is 229 Å². The van der Waals surface area contributed by atoms with Gasteiger partial charge in [-0.15, -0.1) is 0 Å². The van der Waals surface area contributed by atoms with Crippen molar-refractivity contribution in [3.63, 3.8) is 0 Å². The molecule has 2 heterocycles. The largest absolute Gasteiger partial charge is 0.228 e. The minimum absolute atomic E-state index is 0.400. The van der Waals surface area contributed by atoms with Crippen molar-refractivity contribution in [3.8, 4) is 67.3 Å². The summed E-state index contributed by atoms with van der Waals surface area (Å²) in [4.78, 5) is 13.0. The number of hydrogen-bond acceptors (Lipinski definition) is 3. The summed E-state index contributed by atoms with van der Waals surface area (Å²) in [6.07, 6.45) is 0. The molecule has 2 aliphatic rings. The second-order valence-electron chi connectivity index (χ2n) is 14.5. The van der Waals surface area contributed by atoms with Crippen LogP contribution in [0.2, 0.25) is 0 Å². The quantitative estimate of drug-likeness (QED) is 0.176. The Hall–Kier alpha value is -6.81. The van der Waals surface area contributed by atoms with Gasteiger partial charge in [0.15, 0.2) is 5.82 Å². The Labute approximate surface area is 331 Å². The molecule has 0 saturated carbocycles. The molecule has 0 fully saturated rings. The van der Waals surface area contributed by atoms with Crippen LogP contribution in [0.15, 0.2) is 216 Å². The topological polar surface area (TPSA) is 25.8 Å². The van der Waals surface area contributed by atoms with Gasteiger partial charge in [0.05, 0.1) is 16.8 Å². The first kappa shape index (κ1) is 32.6. The molecular formula is C53H34N2S. The van der Waals surface area contributed by atoms with Crippen LogP contribution in [0.3, 0.4) is 0 Å². The molecule has 8 aromatic carbocycles. The normalized spacial score (nSPS) is 13.1. The van der Waals surface area contributed by atoms with Gasteiger partial charge in [-0.3, -0.25) is 0 Å². The van der Waals surface area contributed by atoms with E-state index >= 15 is 0 Å². The van der Waals surface area contributed by atoms with Gasteiger partial charge in [-0.1, -0.05) is 194 Å². The Kier molecular flexibility index (Phi) is 7.68. The lowest BCUT2D eigenvalue weighted by atomic mass is 9.67. The average Bonchev–Trinajstić information content (AvgIpc) is 3.57. The minimum Gasteiger partial charge on any atom is -0.228 e. The third-order valence-electron chi connectivity index (χ3n) is 11.4. The first-order chi connectivity index (χ1) is 27.8. The van der Waals surface area contributed by atoms with E-state index < -0.39 is 5.41 Å². The summed E-state index contributed by atoms with van der Waals surface area (Å²) in [5, 5.41) is 0. The van der Waals surface area contributed by atoms with Gasteiger partial charge in [0.25, 0.3) is 0 Å². The Balaban J connectivity index is 1.09. The van der Waals surface area contributed by atoms with Crippen molar-refractivity contribution in [2.75, 3.05) is 0 Å². The second kappa shape index (κ2) is 13.2. The van der Waals surface area contributed by atoms with Crippen LogP contribution < -0.4 is 0 Å². The zero-order valence-electron chi connectivity index (χ0n) is 30.4. The van der Waals surface area contributed by atoms with Gasteiger partial charge in [0.1, 0.15) is 0 Å². The molecule has 0 amide bonds. The van der Waals surface area contributed by atoms with Crippen LogP contribution >= 0.6 is 11.8 Å². The molecule has 1 aliphatic carbocycles. The SMILES string of the molecule is c1ccc(-c2cccc(-c3cc(-c4ccccc4-c4ccc5c(c4)Sc4ccccc4C54c5ccccc5-c5ccccc54)nc(-c4ccccc4)n3)c2)cc1. The number of rotatable bonds is 5. The number of aromatic nitrogens is 2. The molecule has 3 heteroatoms. The molecule has 262 valence electrons. The Morgan fingerprint density at radius 3 is 1.57 bits per heavy atom. The Morgan fingerprint density at radius 1 is 0.304 bits per heavy atom. The summed E-state index contributed by atoms with van der Waals surface area (Å²) >= 11 is 1.88. The van der Waals surface area contributed by atoms with Crippen LogP contribution in [0.4, 0.5) is 0 Å². The maximum Gasteiger partial charge on any atom is 0.160 e. The van der Waals surface area contributed by atoms with Crippen LogP contribution in [0.1, 0.15) is 22.3 Å². The molecule has 1 aliphatic heterocycles. The lowest BCUT2D eigenvalue weighted by molar-refractivity contribution is 0.722. The van der Waals surface area contributed by atoms with E-state index in [1.54, 1.807) is 0 Å². The average molecular weight is 731 g/mol. The van der Waals surface area contributed by atoms with E-state index in [0.29, 0.717) is 5.82 Å². The van der Waals surface area contributed by atoms with Gasteiger partial charge < -0.3 is 0 Å². The maximum atomic E-state index is 5.28. The number of fused-ring (bicyclic) bond motifs is 9. The lowest BCUT2D eigenvalue weighted by Gasteiger charge is -2.39. The molecule has 0 saturated heterocycles. The van der Waals surface area contributed by atoms with Crippen molar-refractivity contribution in [1.29, 1.82) is 0 Å². The van der Waals surface area contributed by atoms with E-state index in [1.165, 1.54) is 48.7 Å². The van der Waals surface area contributed by atoms with E-state index in [1.807, 2.05) is 30.0 Å². The number of hydrogen-bond donors (Lipinski definition) is 0. The molecule has 0 bridgehead atoms. The molecule has 9 aromatic rings. The van der Waals surface area contributed by atoms with E-state index in [2.05, 4.69) is 188 Å². The minimum atomic E-state index is -0.400. The summed E-state index contributed by atoms with van der Waals surface area (Å²) in [6.45, 7) is 0. The highest BCUT2D eigenvalue weighted by Crippen LogP contribution is 2.62. The summed E-state index contributed by atoms with van der Waals surface area (Å²) < 4.78 is 0. The maximum absolute atomic E-state index is 5.28. The van der Waals surface area contributed by atoms with Gasteiger partial charge in [0.2, 0.25) is 0 Å². The molecule has 0 radical (unpaired) electrons. The Morgan fingerprint density at radius 2 is 0.839 bits per heavy atom. The summed E-state index contributed by atoms with van der Waals surface area (Å²) in [7, 11) is 0. The van der Waals surface area contributed by atoms with Gasteiger partial charge in [0, 0.05) is 26.5 Å². The molecule has 56 heavy (non-hydrogen) atoms. The smallest absolute Gasteiger partial charge is 0.160 e. The van der Waals surface area contributed by atoms with Crippen LogP contribution in [0.25, 0.3) is 67.3 Å². The van der Waals surface area contributed by atoms with Crippen LogP contribution in [-0.4, -0.2) is 9.97 Å². The molecule has 11 rings (SSSR count). The van der Waals surface area contributed by atoms with Crippen molar-refractivity contribution in [2.24, 2.45) is 0 Å². The first-order valence-electron chi connectivity index (χ1n) is 19.1. The number of benzene rings is 8. The van der Waals surface area contributed by atoms with E-state index in [9.17, 15) is 0 Å². The standard InChI is InChI=1S/C53H34N2S/c1-3-16-35(17-4-1)37-20-15-21-39(32-37)48-34-49(55-52(54-48)36-18-5-2-6-19-36)43-25-8-7-22-40(43)38-30-31-47-51(33-38)56-50-29-14-13-28-46(50)53(47)44-26-11-9-23-41(44)42-24-10-12-27-45(42)53/h1-34H. The molecule has 0 unspecified atom stereocenters. The highest BCUT2D eigenvalue weighted by Gasteiger charge is 2.50. The van der Waals surface area contributed by atoms with Crippen molar-refractivity contribution < 1.29 is 0 Å². The highest BCUT2D eigenvalue weighted by molar-refractivity contribution is 7.99. The van der Waals surface area contributed by atoms with Gasteiger partial charge in [-0.25, -0.2) is 9.97 Å². The highest BCUT2D eigenvalue weighted by atomic mass is 32.2. The molecule has 0 N–H and O–H groups in total. The van der Waals surface area contributed by atoms with Gasteiger partial charge in [-0.05, 0) is 79.9 Å². The van der Waals surface area contributed by atoms with E-state index in [4.69, 9.17) is 9.97 Å². The third-order valence-corrected chi connectivity index (χ3v) is 12.5. The predicted molar refractivity (Wildman–Crippen MR) is 231 cm³/mol. The number of nitrogens with zero attached hydrogens (tertiary/aromatic N) is 2. The van der Waals surface area contributed by atoms with E-state index in [0.717, 1.165) is 44.8 Å². The predicted octanol–water partition coefficient (Wildman–Crippen LogP) is 13.6. The molecule has 0 atom stereocenters. The summed E-state index contributed by atoms with van der Waals surface area (Å²) in [5.74, 6) is 0.705. The van der Waals surface area contributed by atoms with Crippen molar-refractivity contribution >= 4 is 11.8 Å². The van der Waals surface area contributed by atoms with Crippen LogP contribution in [-0.2, 0) is 5.41 Å². The fourth-order valence-electron chi connectivity index (χ4n) is 8.92. The van der Waals surface area contributed by atoms with E-state index in [-0.39, 0.29) is 0 Å².